The summed E-state index contributed by atoms with van der Waals surface area (Å²) in [5.74, 6) is 0.122. The number of carbonyl (C=O) groups excluding carboxylic acids is 1. The third-order valence-corrected chi connectivity index (χ3v) is 4.59. The first kappa shape index (κ1) is 15.8. The molecule has 0 fully saturated rings. The molecular weight excluding hydrogens is 330 g/mol. The summed E-state index contributed by atoms with van der Waals surface area (Å²) in [6.45, 7) is 1.90. The zero-order valence-corrected chi connectivity index (χ0v) is 14.0. The number of nitrogens with zero attached hydrogens (tertiary/aromatic N) is 2. The zero-order valence-electron chi connectivity index (χ0n) is 12.4. The molecule has 1 aromatic heterocycles. The highest BCUT2D eigenvalue weighted by Gasteiger charge is 2.10. The highest BCUT2D eigenvalue weighted by molar-refractivity contribution is 8.00. The van der Waals surface area contributed by atoms with Crippen LogP contribution in [-0.4, -0.2) is 21.6 Å². The molecule has 0 saturated carbocycles. The Morgan fingerprint density at radius 3 is 2.48 bits per heavy atom. The number of rotatable bonds is 4. The molecule has 4 nitrogen and oxygen atoms in total. The van der Waals surface area contributed by atoms with Crippen molar-refractivity contribution >= 4 is 46.0 Å². The maximum atomic E-state index is 12.1. The van der Waals surface area contributed by atoms with Crippen molar-refractivity contribution in [2.24, 2.45) is 0 Å². The van der Waals surface area contributed by atoms with Crippen LogP contribution in [-0.2, 0) is 4.79 Å². The van der Waals surface area contributed by atoms with Crippen molar-refractivity contribution in [1.82, 2.24) is 9.97 Å². The first-order valence-electron chi connectivity index (χ1n) is 7.04. The molecule has 0 spiro atoms. The number of anilines is 1. The summed E-state index contributed by atoms with van der Waals surface area (Å²) >= 11 is 7.40. The molecule has 0 unspecified atom stereocenters. The number of carbonyl (C=O) groups is 1. The molecular formula is C17H14ClN3OS. The number of hydrogen-bond acceptors (Lipinski definition) is 4. The molecule has 1 amide bonds. The summed E-state index contributed by atoms with van der Waals surface area (Å²) in [6, 6.07) is 14.8. The number of halogens is 1. The van der Waals surface area contributed by atoms with Crippen LogP contribution in [0.4, 0.5) is 5.69 Å². The van der Waals surface area contributed by atoms with Crippen LogP contribution in [0.2, 0.25) is 5.02 Å². The fourth-order valence-corrected chi connectivity index (χ4v) is 3.03. The summed E-state index contributed by atoms with van der Waals surface area (Å²) in [5, 5.41) is 4.08. The van der Waals surface area contributed by atoms with E-state index in [4.69, 9.17) is 11.6 Å². The lowest BCUT2D eigenvalue weighted by atomic mass is 10.3. The van der Waals surface area contributed by atoms with E-state index in [1.165, 1.54) is 11.8 Å². The predicted molar refractivity (Wildman–Crippen MR) is 95.1 cm³/mol. The molecule has 0 aliphatic carbocycles. The van der Waals surface area contributed by atoms with E-state index in [-0.39, 0.29) is 11.7 Å². The van der Waals surface area contributed by atoms with Crippen molar-refractivity contribution in [1.29, 1.82) is 0 Å². The Morgan fingerprint density at radius 1 is 1.09 bits per heavy atom. The van der Waals surface area contributed by atoms with Gasteiger partial charge in [0, 0.05) is 0 Å². The summed E-state index contributed by atoms with van der Waals surface area (Å²) in [6.07, 6.45) is 0. The quantitative estimate of drug-likeness (QED) is 0.717. The van der Waals surface area contributed by atoms with E-state index in [0.717, 1.165) is 21.8 Å². The van der Waals surface area contributed by atoms with Crippen molar-refractivity contribution in [3.8, 4) is 0 Å². The minimum absolute atomic E-state index is 0.127. The van der Waals surface area contributed by atoms with Gasteiger partial charge in [0.1, 0.15) is 5.03 Å². The molecule has 0 atom stereocenters. The first-order valence-corrected chi connectivity index (χ1v) is 8.40. The second-order valence-electron chi connectivity index (χ2n) is 4.92. The summed E-state index contributed by atoms with van der Waals surface area (Å²) in [7, 11) is 0. The van der Waals surface area contributed by atoms with Gasteiger partial charge in [-0.05, 0) is 31.2 Å². The lowest BCUT2D eigenvalue weighted by Crippen LogP contribution is -2.14. The minimum atomic E-state index is -0.127. The summed E-state index contributed by atoms with van der Waals surface area (Å²) in [5.41, 5.74) is 3.11. The number of thioether (sulfide) groups is 1. The molecule has 2 aromatic carbocycles. The van der Waals surface area contributed by atoms with Gasteiger partial charge in [-0.25, -0.2) is 9.97 Å². The van der Waals surface area contributed by atoms with E-state index in [0.29, 0.717) is 10.7 Å². The smallest absolute Gasteiger partial charge is 0.234 e. The van der Waals surface area contributed by atoms with Gasteiger partial charge in [0.25, 0.3) is 0 Å². The third kappa shape index (κ3) is 3.81. The van der Waals surface area contributed by atoms with Gasteiger partial charge in [-0.1, -0.05) is 47.6 Å². The van der Waals surface area contributed by atoms with E-state index in [2.05, 4.69) is 15.3 Å². The Morgan fingerprint density at radius 2 is 1.74 bits per heavy atom. The van der Waals surface area contributed by atoms with Crippen LogP contribution >= 0.6 is 23.4 Å². The van der Waals surface area contributed by atoms with Crippen molar-refractivity contribution in [3.63, 3.8) is 0 Å². The fraction of sp³-hybridized carbons (Fsp3) is 0.118. The van der Waals surface area contributed by atoms with E-state index in [1.807, 2.05) is 43.3 Å². The van der Waals surface area contributed by atoms with E-state index < -0.39 is 0 Å². The van der Waals surface area contributed by atoms with E-state index >= 15 is 0 Å². The first-order chi connectivity index (χ1) is 11.1. The predicted octanol–water partition coefficient (Wildman–Crippen LogP) is 4.32. The molecule has 3 rings (SSSR count). The number of hydrogen-bond donors (Lipinski definition) is 1. The van der Waals surface area contributed by atoms with Crippen LogP contribution in [0.5, 0.6) is 0 Å². The Balaban J connectivity index is 1.69. The van der Waals surface area contributed by atoms with Crippen molar-refractivity contribution in [2.75, 3.05) is 11.1 Å². The third-order valence-electron chi connectivity index (χ3n) is 3.19. The number of benzene rings is 2. The Labute approximate surface area is 143 Å². The lowest BCUT2D eigenvalue weighted by molar-refractivity contribution is -0.113. The summed E-state index contributed by atoms with van der Waals surface area (Å²) in [4.78, 5) is 21.2. The SMILES string of the molecule is Cc1nc2ccccc2nc1SCC(=O)Nc1ccccc1Cl. The molecule has 0 aliphatic rings. The maximum Gasteiger partial charge on any atom is 0.234 e. The topological polar surface area (TPSA) is 54.9 Å². The maximum absolute atomic E-state index is 12.1. The summed E-state index contributed by atoms with van der Waals surface area (Å²) < 4.78 is 0. The molecule has 116 valence electrons. The van der Waals surface area contributed by atoms with Gasteiger partial charge in [-0.2, -0.15) is 0 Å². The van der Waals surface area contributed by atoms with Crippen LogP contribution in [0, 0.1) is 6.92 Å². The van der Waals surface area contributed by atoms with Gasteiger partial charge in [0.05, 0.1) is 33.2 Å². The molecule has 1 N–H and O–H groups in total. The second-order valence-corrected chi connectivity index (χ2v) is 6.29. The molecule has 3 aromatic rings. The van der Waals surface area contributed by atoms with Crippen LogP contribution in [0.1, 0.15) is 5.69 Å². The number of aromatic nitrogens is 2. The van der Waals surface area contributed by atoms with E-state index in [9.17, 15) is 4.79 Å². The average Bonchev–Trinajstić information content (AvgIpc) is 2.55. The molecule has 1 heterocycles. The number of nitrogens with one attached hydrogen (secondary N) is 1. The molecule has 0 saturated heterocycles. The van der Waals surface area contributed by atoms with Crippen LogP contribution in [0.3, 0.4) is 0 Å². The highest BCUT2D eigenvalue weighted by atomic mass is 35.5. The molecule has 0 bridgehead atoms. The van der Waals surface area contributed by atoms with Gasteiger partial charge in [-0.3, -0.25) is 4.79 Å². The molecule has 6 heteroatoms. The van der Waals surface area contributed by atoms with Crippen LogP contribution in [0.15, 0.2) is 53.6 Å². The van der Waals surface area contributed by atoms with Crippen molar-refractivity contribution in [2.45, 2.75) is 11.9 Å². The largest absolute Gasteiger partial charge is 0.324 e. The van der Waals surface area contributed by atoms with Gasteiger partial charge in [0.15, 0.2) is 0 Å². The van der Waals surface area contributed by atoms with Crippen LogP contribution < -0.4 is 5.32 Å². The van der Waals surface area contributed by atoms with E-state index in [1.54, 1.807) is 12.1 Å². The van der Waals surface area contributed by atoms with Crippen molar-refractivity contribution < 1.29 is 4.79 Å². The minimum Gasteiger partial charge on any atom is -0.324 e. The number of fused-ring (bicyclic) bond motifs is 1. The number of para-hydroxylation sites is 3. The molecule has 23 heavy (non-hydrogen) atoms. The normalized spacial score (nSPS) is 10.7. The molecule has 0 radical (unpaired) electrons. The lowest BCUT2D eigenvalue weighted by Gasteiger charge is -2.08. The van der Waals surface area contributed by atoms with Crippen LogP contribution in [0.25, 0.3) is 11.0 Å². The van der Waals surface area contributed by atoms with Gasteiger partial charge in [0.2, 0.25) is 5.91 Å². The Kier molecular flexibility index (Phi) is 4.79. The van der Waals surface area contributed by atoms with Gasteiger partial charge < -0.3 is 5.32 Å². The fourth-order valence-electron chi connectivity index (χ4n) is 2.09. The zero-order chi connectivity index (χ0) is 16.2. The highest BCUT2D eigenvalue weighted by Crippen LogP contribution is 2.24. The van der Waals surface area contributed by atoms with Gasteiger partial charge in [-0.15, -0.1) is 0 Å². The Bertz CT molecular complexity index is 869. The monoisotopic (exact) mass is 343 g/mol. The Hall–Kier alpha value is -2.11. The number of amides is 1. The average molecular weight is 344 g/mol. The molecule has 0 aliphatic heterocycles. The second kappa shape index (κ2) is 6.98. The standard InChI is InChI=1S/C17H14ClN3OS/c1-11-17(21-15-9-5-4-8-14(15)19-11)23-10-16(22)20-13-7-3-2-6-12(13)18/h2-9H,10H2,1H3,(H,20,22). The van der Waals surface area contributed by atoms with Crippen molar-refractivity contribution in [3.05, 3.63) is 59.2 Å². The van der Waals surface area contributed by atoms with Gasteiger partial charge >= 0.3 is 0 Å². The number of aryl methyl sites for hydroxylation is 1.